The Morgan fingerprint density at radius 2 is 2.04 bits per heavy atom. The van der Waals surface area contributed by atoms with E-state index in [0.717, 1.165) is 30.4 Å². The van der Waals surface area contributed by atoms with Gasteiger partial charge in [-0.05, 0) is 28.1 Å². The quantitative estimate of drug-likeness (QED) is 0.607. The standard InChI is InChI=1S/C16H17BrN2O4/c1-23-16(22)10-5-7-18(8-6-10)9-19-13-11(14(20)15(19)21)3-2-4-12(13)17/h2-4,10H,5-9H2,1H3/p+1. The Bertz CT molecular complexity index is 668. The van der Waals surface area contributed by atoms with Crippen molar-refractivity contribution < 1.29 is 24.0 Å². The highest BCUT2D eigenvalue weighted by molar-refractivity contribution is 9.10. The van der Waals surface area contributed by atoms with Gasteiger partial charge in [-0.3, -0.25) is 19.3 Å². The first-order valence-electron chi connectivity index (χ1n) is 7.59. The highest BCUT2D eigenvalue weighted by Crippen LogP contribution is 2.35. The topological polar surface area (TPSA) is 68.1 Å². The minimum atomic E-state index is -0.477. The summed E-state index contributed by atoms with van der Waals surface area (Å²) in [6.07, 6.45) is 1.47. The van der Waals surface area contributed by atoms with Gasteiger partial charge in [0, 0.05) is 17.3 Å². The van der Waals surface area contributed by atoms with Crippen molar-refractivity contribution in [2.24, 2.45) is 5.92 Å². The van der Waals surface area contributed by atoms with Gasteiger partial charge in [-0.2, -0.15) is 0 Å². The Labute approximate surface area is 142 Å². The van der Waals surface area contributed by atoms with Crippen LogP contribution in [0.25, 0.3) is 0 Å². The first-order chi connectivity index (χ1) is 11.0. The van der Waals surface area contributed by atoms with Gasteiger partial charge in [-0.1, -0.05) is 6.07 Å². The summed E-state index contributed by atoms with van der Waals surface area (Å²) in [6.45, 7) is 1.99. The SMILES string of the molecule is COC(=O)C1CC[NH+](CN2C(=O)C(=O)c3cccc(Br)c32)CC1. The van der Waals surface area contributed by atoms with Gasteiger partial charge in [0.05, 0.1) is 37.4 Å². The molecule has 0 atom stereocenters. The predicted molar refractivity (Wildman–Crippen MR) is 86.3 cm³/mol. The van der Waals surface area contributed by atoms with Gasteiger partial charge < -0.3 is 9.64 Å². The molecule has 1 saturated heterocycles. The zero-order valence-electron chi connectivity index (χ0n) is 12.8. The third kappa shape index (κ3) is 2.90. The van der Waals surface area contributed by atoms with E-state index >= 15 is 0 Å². The molecule has 0 spiro atoms. The lowest BCUT2D eigenvalue weighted by molar-refractivity contribution is -0.904. The molecular formula is C16H18BrN2O4+. The predicted octanol–water partition coefficient (Wildman–Crippen LogP) is 0.404. The van der Waals surface area contributed by atoms with Crippen LogP contribution in [-0.2, 0) is 14.3 Å². The molecule has 0 unspecified atom stereocenters. The van der Waals surface area contributed by atoms with Crippen LogP contribution in [0.5, 0.6) is 0 Å². The van der Waals surface area contributed by atoms with Crippen LogP contribution in [0.4, 0.5) is 5.69 Å². The lowest BCUT2D eigenvalue weighted by atomic mass is 9.97. The highest BCUT2D eigenvalue weighted by Gasteiger charge is 2.40. The number of Topliss-reactive ketones (excluding diaryl/α,β-unsaturated/α-hetero) is 1. The van der Waals surface area contributed by atoms with Gasteiger partial charge in [-0.15, -0.1) is 0 Å². The zero-order chi connectivity index (χ0) is 16.6. The average Bonchev–Trinajstić information content (AvgIpc) is 2.81. The number of ketones is 1. The number of hydrogen-bond donors (Lipinski definition) is 1. The van der Waals surface area contributed by atoms with E-state index in [-0.39, 0.29) is 11.9 Å². The second-order valence-corrected chi connectivity index (χ2v) is 6.76. The number of nitrogens with one attached hydrogen (secondary N) is 1. The van der Waals surface area contributed by atoms with Crippen LogP contribution >= 0.6 is 15.9 Å². The fourth-order valence-electron chi connectivity index (χ4n) is 3.27. The summed E-state index contributed by atoms with van der Waals surface area (Å²) in [5.74, 6) is -1.15. The molecule has 1 amide bonds. The van der Waals surface area contributed by atoms with Crippen molar-refractivity contribution in [3.63, 3.8) is 0 Å². The van der Waals surface area contributed by atoms with Gasteiger partial charge in [-0.25, -0.2) is 0 Å². The van der Waals surface area contributed by atoms with Crippen LogP contribution in [-0.4, -0.2) is 44.5 Å². The summed E-state index contributed by atoms with van der Waals surface area (Å²) in [5, 5.41) is 0. The van der Waals surface area contributed by atoms with Crippen molar-refractivity contribution >= 4 is 39.3 Å². The molecule has 0 bridgehead atoms. The van der Waals surface area contributed by atoms with Crippen LogP contribution < -0.4 is 9.80 Å². The van der Waals surface area contributed by atoms with Crippen molar-refractivity contribution in [3.8, 4) is 0 Å². The molecule has 0 radical (unpaired) electrons. The lowest BCUT2D eigenvalue weighted by Gasteiger charge is -2.30. The van der Waals surface area contributed by atoms with Gasteiger partial charge in [0.1, 0.15) is 0 Å². The summed E-state index contributed by atoms with van der Waals surface area (Å²) < 4.78 is 5.54. The maximum absolute atomic E-state index is 12.3. The normalized spacial score (nSPS) is 23.8. The highest BCUT2D eigenvalue weighted by atomic mass is 79.9. The molecule has 3 rings (SSSR count). The zero-order valence-corrected chi connectivity index (χ0v) is 14.4. The fourth-order valence-corrected chi connectivity index (χ4v) is 3.85. The van der Waals surface area contributed by atoms with E-state index in [4.69, 9.17) is 4.74 Å². The molecule has 1 aromatic rings. The number of anilines is 1. The Morgan fingerprint density at radius 1 is 1.35 bits per heavy atom. The fraction of sp³-hybridized carbons (Fsp3) is 0.438. The summed E-state index contributed by atoms with van der Waals surface area (Å²) >= 11 is 3.43. The Morgan fingerprint density at radius 3 is 2.70 bits per heavy atom. The second kappa shape index (κ2) is 6.41. The maximum atomic E-state index is 12.3. The Kier molecular flexibility index (Phi) is 4.50. The van der Waals surface area contributed by atoms with Crippen molar-refractivity contribution in [1.82, 2.24) is 0 Å². The summed E-state index contributed by atoms with van der Waals surface area (Å²) in [6, 6.07) is 5.27. The van der Waals surface area contributed by atoms with E-state index in [9.17, 15) is 14.4 Å². The minimum absolute atomic E-state index is 0.0568. The molecule has 122 valence electrons. The second-order valence-electron chi connectivity index (χ2n) is 5.90. The van der Waals surface area contributed by atoms with E-state index in [0.29, 0.717) is 17.9 Å². The molecule has 2 aliphatic rings. The molecular weight excluding hydrogens is 364 g/mol. The van der Waals surface area contributed by atoms with Crippen LogP contribution in [0.1, 0.15) is 23.2 Å². The van der Waals surface area contributed by atoms with Gasteiger partial charge in [0.25, 0.3) is 5.78 Å². The van der Waals surface area contributed by atoms with Crippen molar-refractivity contribution in [1.29, 1.82) is 0 Å². The van der Waals surface area contributed by atoms with E-state index in [1.807, 2.05) is 6.07 Å². The molecule has 0 saturated carbocycles. The average molecular weight is 382 g/mol. The van der Waals surface area contributed by atoms with E-state index in [1.165, 1.54) is 12.0 Å². The van der Waals surface area contributed by atoms with E-state index in [1.54, 1.807) is 17.0 Å². The molecule has 0 aliphatic carbocycles. The number of methoxy groups -OCH3 is 1. The van der Waals surface area contributed by atoms with Crippen LogP contribution in [0.3, 0.4) is 0 Å². The molecule has 0 aromatic heterocycles. The molecule has 6 nitrogen and oxygen atoms in total. The number of rotatable bonds is 3. The number of carbonyl (C=O) groups excluding carboxylic acids is 3. The number of carbonyl (C=O) groups is 3. The molecule has 23 heavy (non-hydrogen) atoms. The number of esters is 1. The van der Waals surface area contributed by atoms with Crippen molar-refractivity contribution in [2.75, 3.05) is 31.8 Å². The lowest BCUT2D eigenvalue weighted by Crippen LogP contribution is -3.14. The van der Waals surface area contributed by atoms with Gasteiger partial charge in [0.15, 0.2) is 6.67 Å². The molecule has 2 aliphatic heterocycles. The van der Waals surface area contributed by atoms with E-state index in [2.05, 4.69) is 15.9 Å². The Balaban J connectivity index is 1.72. The molecule has 7 heteroatoms. The summed E-state index contributed by atoms with van der Waals surface area (Å²) in [5.41, 5.74) is 1.11. The minimum Gasteiger partial charge on any atom is -0.469 e. The molecule has 1 N–H and O–H groups in total. The van der Waals surface area contributed by atoms with E-state index < -0.39 is 11.7 Å². The number of piperidine rings is 1. The maximum Gasteiger partial charge on any atom is 0.309 e. The van der Waals surface area contributed by atoms with Crippen LogP contribution in [0.15, 0.2) is 22.7 Å². The number of para-hydroxylation sites is 1. The Hall–Kier alpha value is -1.73. The number of ether oxygens (including phenoxy) is 1. The smallest absolute Gasteiger partial charge is 0.309 e. The number of halogens is 1. The number of likely N-dealkylation sites (tertiary alicyclic amines) is 1. The van der Waals surface area contributed by atoms with Gasteiger partial charge >= 0.3 is 11.9 Å². The molecule has 2 heterocycles. The van der Waals surface area contributed by atoms with Crippen molar-refractivity contribution in [3.05, 3.63) is 28.2 Å². The third-order valence-electron chi connectivity index (χ3n) is 4.55. The number of hydrogen-bond acceptors (Lipinski definition) is 4. The largest absolute Gasteiger partial charge is 0.469 e. The van der Waals surface area contributed by atoms with Gasteiger partial charge in [0.2, 0.25) is 0 Å². The summed E-state index contributed by atoms with van der Waals surface area (Å²) in [7, 11) is 1.41. The summed E-state index contributed by atoms with van der Waals surface area (Å²) in [4.78, 5) is 38.7. The monoisotopic (exact) mass is 381 g/mol. The van der Waals surface area contributed by atoms with Crippen LogP contribution in [0.2, 0.25) is 0 Å². The third-order valence-corrected chi connectivity index (χ3v) is 5.19. The molecule has 1 aromatic carbocycles. The number of benzene rings is 1. The van der Waals surface area contributed by atoms with Crippen molar-refractivity contribution in [2.45, 2.75) is 12.8 Å². The molecule has 1 fully saturated rings. The first kappa shape index (κ1) is 16.1. The number of nitrogens with zero attached hydrogens (tertiary/aromatic N) is 1. The number of fused-ring (bicyclic) bond motifs is 1. The number of quaternary nitrogens is 1. The van der Waals surface area contributed by atoms with Crippen LogP contribution in [0, 0.1) is 5.92 Å². The first-order valence-corrected chi connectivity index (χ1v) is 8.38. The number of amides is 1.